The van der Waals surface area contributed by atoms with E-state index in [1.807, 2.05) is 41.4 Å². The van der Waals surface area contributed by atoms with Gasteiger partial charge >= 0.3 is 0 Å². The summed E-state index contributed by atoms with van der Waals surface area (Å²) in [6.45, 7) is 6.55. The summed E-state index contributed by atoms with van der Waals surface area (Å²) in [7, 11) is 0. The highest BCUT2D eigenvalue weighted by Gasteiger charge is 2.21. The second-order valence-corrected chi connectivity index (χ2v) is 12.6. The lowest BCUT2D eigenvalue weighted by Gasteiger charge is -2.11. The van der Waals surface area contributed by atoms with E-state index in [1.54, 1.807) is 17.8 Å². The standard InChI is InChI=1S/C26H20OS4/c1-15-16(2)29-25(28-15)23-18-9-4-6-11-20(18)24(21-12-7-5-10-19(21)23)26-30-17(3)22(31-26)13-8-14-27/h4-14H,1-3H3/b13-8+. The molecular formula is C26H20OS4. The maximum atomic E-state index is 10.8. The fourth-order valence-corrected chi connectivity index (χ4v) is 9.17. The van der Waals surface area contributed by atoms with Crippen LogP contribution in [-0.2, 0) is 4.79 Å². The third-order valence-corrected chi connectivity index (χ3v) is 10.7. The molecule has 0 bridgehead atoms. The molecule has 2 aliphatic heterocycles. The van der Waals surface area contributed by atoms with Gasteiger partial charge in [-0.25, -0.2) is 0 Å². The summed E-state index contributed by atoms with van der Waals surface area (Å²) in [5, 5.41) is 7.83. The molecule has 154 valence electrons. The van der Waals surface area contributed by atoms with E-state index in [4.69, 9.17) is 0 Å². The van der Waals surface area contributed by atoms with E-state index in [-0.39, 0.29) is 0 Å². The van der Waals surface area contributed by atoms with Gasteiger partial charge in [-0.05, 0) is 64.3 Å². The summed E-state index contributed by atoms with van der Waals surface area (Å²) in [6.07, 6.45) is 4.34. The Hall–Kier alpha value is -1.79. The Kier molecular flexibility index (Phi) is 5.86. The zero-order valence-electron chi connectivity index (χ0n) is 17.4. The van der Waals surface area contributed by atoms with Crippen molar-refractivity contribution in [2.24, 2.45) is 0 Å². The van der Waals surface area contributed by atoms with Crippen LogP contribution in [0.15, 0.2) is 80.3 Å². The summed E-state index contributed by atoms with van der Waals surface area (Å²) < 4.78 is 2.65. The van der Waals surface area contributed by atoms with Crippen LogP contribution in [0.1, 0.15) is 20.8 Å². The Labute approximate surface area is 198 Å². The predicted octanol–water partition coefficient (Wildman–Crippen LogP) is 7.32. The number of fused-ring (bicyclic) bond motifs is 2. The van der Waals surface area contributed by atoms with Crippen LogP contribution < -0.4 is 10.4 Å². The van der Waals surface area contributed by atoms with Crippen LogP contribution in [0.3, 0.4) is 0 Å². The molecule has 2 aliphatic rings. The highest BCUT2D eigenvalue weighted by molar-refractivity contribution is 8.36. The van der Waals surface area contributed by atoms with Crippen molar-refractivity contribution >= 4 is 83.4 Å². The third kappa shape index (κ3) is 3.72. The summed E-state index contributed by atoms with van der Waals surface area (Å²) in [6, 6.07) is 17.6. The van der Waals surface area contributed by atoms with Gasteiger partial charge in [0, 0.05) is 20.2 Å². The molecule has 0 radical (unpaired) electrons. The molecule has 0 N–H and O–H groups in total. The van der Waals surface area contributed by atoms with E-state index in [2.05, 4.69) is 69.3 Å². The van der Waals surface area contributed by atoms with Gasteiger partial charge in [0.15, 0.2) is 0 Å². The number of hydrogen-bond donors (Lipinski definition) is 0. The van der Waals surface area contributed by atoms with Crippen molar-refractivity contribution in [3.8, 4) is 0 Å². The van der Waals surface area contributed by atoms with E-state index in [0.717, 1.165) is 11.2 Å². The van der Waals surface area contributed by atoms with Gasteiger partial charge in [0.05, 0.1) is 8.47 Å². The molecule has 0 unspecified atom stereocenters. The van der Waals surface area contributed by atoms with Crippen molar-refractivity contribution in [1.29, 1.82) is 0 Å². The van der Waals surface area contributed by atoms with Crippen LogP contribution >= 0.6 is 47.0 Å². The summed E-state index contributed by atoms with van der Waals surface area (Å²) in [5.74, 6) is 0. The van der Waals surface area contributed by atoms with E-state index in [1.165, 1.54) is 55.2 Å². The van der Waals surface area contributed by atoms with Crippen molar-refractivity contribution in [2.45, 2.75) is 20.8 Å². The van der Waals surface area contributed by atoms with Crippen LogP contribution in [0.25, 0.3) is 30.0 Å². The van der Waals surface area contributed by atoms with E-state index in [0.29, 0.717) is 0 Å². The smallest absolute Gasteiger partial charge is 0.142 e. The van der Waals surface area contributed by atoms with Gasteiger partial charge in [-0.3, -0.25) is 4.79 Å². The Morgan fingerprint density at radius 3 is 1.48 bits per heavy atom. The number of hydrogen-bond acceptors (Lipinski definition) is 5. The van der Waals surface area contributed by atoms with Crippen LogP contribution in [0, 0.1) is 0 Å². The minimum absolute atomic E-state index is 0.843. The van der Waals surface area contributed by atoms with E-state index >= 15 is 0 Å². The number of carbonyl (C=O) groups is 1. The Bertz CT molecular complexity index is 1400. The molecule has 1 nitrogen and oxygen atoms in total. The van der Waals surface area contributed by atoms with E-state index in [9.17, 15) is 4.79 Å². The highest BCUT2D eigenvalue weighted by atomic mass is 32.2. The molecule has 5 rings (SSSR count). The Morgan fingerprint density at radius 1 is 0.613 bits per heavy atom. The Balaban J connectivity index is 1.90. The topological polar surface area (TPSA) is 17.1 Å². The van der Waals surface area contributed by atoms with Crippen molar-refractivity contribution < 1.29 is 4.79 Å². The number of aldehydes is 1. The first-order valence-electron chi connectivity index (χ1n) is 9.98. The maximum Gasteiger partial charge on any atom is 0.142 e. The monoisotopic (exact) mass is 476 g/mol. The minimum Gasteiger partial charge on any atom is -0.299 e. The summed E-state index contributed by atoms with van der Waals surface area (Å²) >= 11 is 7.37. The summed E-state index contributed by atoms with van der Waals surface area (Å²) in [4.78, 5) is 16.0. The fraction of sp³-hybridized carbons (Fsp3) is 0.115. The first-order chi connectivity index (χ1) is 15.1. The quantitative estimate of drug-likeness (QED) is 0.218. The van der Waals surface area contributed by atoms with Gasteiger partial charge < -0.3 is 0 Å². The van der Waals surface area contributed by atoms with E-state index < -0.39 is 0 Å². The van der Waals surface area contributed by atoms with Gasteiger partial charge in [0.2, 0.25) is 0 Å². The molecule has 0 saturated heterocycles. The van der Waals surface area contributed by atoms with Crippen LogP contribution in [0.2, 0.25) is 0 Å². The number of rotatable bonds is 2. The average Bonchev–Trinajstić information content (AvgIpc) is 3.31. The molecular weight excluding hydrogens is 457 g/mol. The first-order valence-corrected chi connectivity index (χ1v) is 13.2. The Morgan fingerprint density at radius 2 is 1.03 bits per heavy atom. The van der Waals surface area contributed by atoms with Crippen molar-refractivity contribution in [3.05, 3.63) is 90.7 Å². The normalized spacial score (nSPS) is 17.3. The van der Waals surface area contributed by atoms with Crippen LogP contribution in [0.5, 0.6) is 0 Å². The molecule has 0 atom stereocenters. The van der Waals surface area contributed by atoms with Gasteiger partial charge in [-0.15, -0.1) is 0 Å². The molecule has 0 spiro atoms. The maximum absolute atomic E-state index is 10.8. The zero-order chi connectivity index (χ0) is 21.5. The largest absolute Gasteiger partial charge is 0.299 e. The third-order valence-electron chi connectivity index (χ3n) is 5.45. The van der Waals surface area contributed by atoms with Gasteiger partial charge in [0.1, 0.15) is 6.29 Å². The minimum atomic E-state index is 0.843. The molecule has 0 aromatic heterocycles. The van der Waals surface area contributed by atoms with Crippen molar-refractivity contribution in [3.63, 3.8) is 0 Å². The second kappa shape index (κ2) is 8.62. The van der Waals surface area contributed by atoms with Crippen LogP contribution in [0.4, 0.5) is 0 Å². The molecule has 0 amide bonds. The average molecular weight is 477 g/mol. The zero-order valence-corrected chi connectivity index (χ0v) is 20.7. The fourth-order valence-electron chi connectivity index (χ4n) is 3.87. The summed E-state index contributed by atoms with van der Waals surface area (Å²) in [5.41, 5.74) is 0. The molecule has 2 heterocycles. The molecule has 0 fully saturated rings. The van der Waals surface area contributed by atoms with Gasteiger partial charge in [-0.2, -0.15) is 0 Å². The lowest BCUT2D eigenvalue weighted by molar-refractivity contribution is -0.104. The molecule has 3 aromatic carbocycles. The van der Waals surface area contributed by atoms with Crippen molar-refractivity contribution in [1.82, 2.24) is 0 Å². The first kappa shape index (κ1) is 21.1. The molecule has 0 aliphatic carbocycles. The predicted molar refractivity (Wildman–Crippen MR) is 144 cm³/mol. The lowest BCUT2D eigenvalue weighted by Crippen LogP contribution is -2.16. The van der Waals surface area contributed by atoms with Crippen LogP contribution in [-0.4, -0.2) is 6.29 Å². The number of benzene rings is 3. The highest BCUT2D eigenvalue weighted by Crippen LogP contribution is 2.51. The molecule has 5 heteroatoms. The van der Waals surface area contributed by atoms with Gasteiger partial charge in [0.25, 0.3) is 0 Å². The lowest BCUT2D eigenvalue weighted by atomic mass is 9.99. The van der Waals surface area contributed by atoms with Crippen molar-refractivity contribution in [2.75, 3.05) is 0 Å². The molecule has 31 heavy (non-hydrogen) atoms. The number of allylic oxidation sites excluding steroid dienone is 5. The van der Waals surface area contributed by atoms with Gasteiger partial charge in [-0.1, -0.05) is 95.6 Å². The SMILES string of the molecule is CC1=C(C)SC(=c2c3ccccc3c(=C3SC(C)=C(/C=C/C=O)S3)c3ccccc23)S1. The number of thioether (sulfide) groups is 4. The molecule has 0 saturated carbocycles. The molecule has 3 aromatic rings. The number of carbonyl (C=O) groups excluding carboxylic acids is 1. The second-order valence-electron chi connectivity index (χ2n) is 7.35.